The van der Waals surface area contributed by atoms with E-state index < -0.39 is 6.10 Å². The van der Waals surface area contributed by atoms with Gasteiger partial charge < -0.3 is 15.2 Å². The Balaban J connectivity index is 1.98. The Hall–Kier alpha value is -1.68. The molecule has 0 heterocycles. The van der Waals surface area contributed by atoms with Crippen LogP contribution >= 0.6 is 0 Å². The Morgan fingerprint density at radius 3 is 2.33 bits per heavy atom. The number of hydrogen-bond donors (Lipinski definition) is 2. The maximum Gasteiger partial charge on any atom is 0.108 e. The molecule has 3 heteroatoms. The van der Waals surface area contributed by atoms with Crippen LogP contribution in [0.2, 0.25) is 0 Å². The smallest absolute Gasteiger partial charge is 0.108 e. The Kier molecular flexibility index (Phi) is 7.96. The molecular formula is C21H29NO2. The summed E-state index contributed by atoms with van der Waals surface area (Å²) in [5.41, 5.74) is 3.44. The number of rotatable bonds is 10. The van der Waals surface area contributed by atoms with Crippen LogP contribution in [-0.2, 0) is 4.74 Å². The Morgan fingerprint density at radius 1 is 1.00 bits per heavy atom. The zero-order valence-electron chi connectivity index (χ0n) is 14.7. The Morgan fingerprint density at radius 2 is 1.67 bits per heavy atom. The summed E-state index contributed by atoms with van der Waals surface area (Å²) in [6, 6.07) is 18.5. The summed E-state index contributed by atoms with van der Waals surface area (Å²) in [5, 5.41) is 13.4. The van der Waals surface area contributed by atoms with Crippen molar-refractivity contribution >= 4 is 0 Å². The van der Waals surface area contributed by atoms with Crippen LogP contribution in [0.4, 0.5) is 0 Å². The molecule has 0 fully saturated rings. The SMILES string of the molecule is CCCCNCC(O)COC(c1ccccc1)c1ccc(C)cc1. The van der Waals surface area contributed by atoms with E-state index in [4.69, 9.17) is 4.74 Å². The van der Waals surface area contributed by atoms with Gasteiger partial charge in [0.25, 0.3) is 0 Å². The Labute approximate surface area is 145 Å². The molecule has 0 aliphatic heterocycles. The second-order valence-electron chi connectivity index (χ2n) is 6.25. The zero-order chi connectivity index (χ0) is 17.2. The molecule has 0 bridgehead atoms. The van der Waals surface area contributed by atoms with Crippen molar-refractivity contribution in [3.63, 3.8) is 0 Å². The third-order valence-corrected chi connectivity index (χ3v) is 4.02. The molecule has 2 aromatic rings. The molecular weight excluding hydrogens is 298 g/mol. The van der Waals surface area contributed by atoms with Gasteiger partial charge in [0, 0.05) is 6.54 Å². The largest absolute Gasteiger partial charge is 0.389 e. The van der Waals surface area contributed by atoms with Gasteiger partial charge >= 0.3 is 0 Å². The zero-order valence-corrected chi connectivity index (χ0v) is 14.7. The number of aliphatic hydroxyl groups excluding tert-OH is 1. The number of unbranched alkanes of at least 4 members (excludes halogenated alkanes) is 1. The van der Waals surface area contributed by atoms with Gasteiger partial charge in [-0.15, -0.1) is 0 Å². The molecule has 2 unspecified atom stereocenters. The molecule has 0 spiro atoms. The molecule has 0 aromatic heterocycles. The molecule has 3 nitrogen and oxygen atoms in total. The van der Waals surface area contributed by atoms with Crippen LogP contribution in [0, 0.1) is 6.92 Å². The molecule has 2 rings (SSSR count). The molecule has 0 saturated carbocycles. The van der Waals surface area contributed by atoms with E-state index in [1.807, 2.05) is 18.2 Å². The van der Waals surface area contributed by atoms with Crippen LogP contribution in [0.3, 0.4) is 0 Å². The van der Waals surface area contributed by atoms with Gasteiger partial charge in [-0.25, -0.2) is 0 Å². The maximum absolute atomic E-state index is 10.1. The number of hydrogen-bond acceptors (Lipinski definition) is 3. The summed E-state index contributed by atoms with van der Waals surface area (Å²) < 4.78 is 6.08. The van der Waals surface area contributed by atoms with Crippen LogP contribution in [0.1, 0.15) is 42.6 Å². The van der Waals surface area contributed by atoms with Gasteiger partial charge in [0.05, 0.1) is 12.7 Å². The molecule has 130 valence electrons. The molecule has 0 aliphatic carbocycles. The van der Waals surface area contributed by atoms with Crippen LogP contribution in [0.5, 0.6) is 0 Å². The van der Waals surface area contributed by atoms with Gasteiger partial charge in [-0.3, -0.25) is 0 Å². The van der Waals surface area contributed by atoms with E-state index in [0.717, 1.165) is 30.5 Å². The number of aliphatic hydroxyl groups is 1. The molecule has 2 aromatic carbocycles. The Bertz CT molecular complexity index is 568. The van der Waals surface area contributed by atoms with Crippen molar-refractivity contribution < 1.29 is 9.84 Å². The van der Waals surface area contributed by atoms with Crippen molar-refractivity contribution in [2.24, 2.45) is 0 Å². The van der Waals surface area contributed by atoms with E-state index >= 15 is 0 Å². The molecule has 0 saturated heterocycles. The monoisotopic (exact) mass is 327 g/mol. The highest BCUT2D eigenvalue weighted by molar-refractivity contribution is 5.31. The van der Waals surface area contributed by atoms with E-state index in [1.165, 1.54) is 5.56 Å². The fourth-order valence-electron chi connectivity index (χ4n) is 2.59. The first kappa shape index (κ1) is 18.7. The van der Waals surface area contributed by atoms with Gasteiger partial charge in [0.15, 0.2) is 0 Å². The standard InChI is InChI=1S/C21H29NO2/c1-3-4-14-22-15-20(23)16-24-21(18-8-6-5-7-9-18)19-12-10-17(2)11-13-19/h5-13,20-23H,3-4,14-16H2,1-2H3. The molecule has 0 radical (unpaired) electrons. The summed E-state index contributed by atoms with van der Waals surface area (Å²) in [6.45, 7) is 6.05. The summed E-state index contributed by atoms with van der Waals surface area (Å²) in [6.07, 6.45) is 1.63. The number of benzene rings is 2. The molecule has 2 N–H and O–H groups in total. The lowest BCUT2D eigenvalue weighted by atomic mass is 10.0. The van der Waals surface area contributed by atoms with Crippen molar-refractivity contribution in [1.29, 1.82) is 0 Å². The second kappa shape index (κ2) is 10.2. The van der Waals surface area contributed by atoms with E-state index in [-0.39, 0.29) is 6.10 Å². The number of aryl methyl sites for hydroxylation is 1. The van der Waals surface area contributed by atoms with E-state index in [0.29, 0.717) is 13.2 Å². The van der Waals surface area contributed by atoms with E-state index in [2.05, 4.69) is 55.6 Å². The second-order valence-corrected chi connectivity index (χ2v) is 6.25. The minimum absolute atomic E-state index is 0.155. The highest BCUT2D eigenvalue weighted by Gasteiger charge is 2.16. The summed E-state index contributed by atoms with van der Waals surface area (Å²) >= 11 is 0. The first-order chi connectivity index (χ1) is 11.7. The van der Waals surface area contributed by atoms with Gasteiger partial charge in [-0.05, 0) is 31.0 Å². The van der Waals surface area contributed by atoms with Crippen molar-refractivity contribution in [2.75, 3.05) is 19.7 Å². The lowest BCUT2D eigenvalue weighted by molar-refractivity contribution is 0.00665. The highest BCUT2D eigenvalue weighted by Crippen LogP contribution is 2.26. The summed E-state index contributed by atoms with van der Waals surface area (Å²) in [4.78, 5) is 0. The van der Waals surface area contributed by atoms with Crippen molar-refractivity contribution in [3.05, 3.63) is 71.3 Å². The molecule has 0 amide bonds. The quantitative estimate of drug-likeness (QED) is 0.651. The minimum atomic E-state index is -0.501. The number of ether oxygens (including phenoxy) is 1. The van der Waals surface area contributed by atoms with Crippen molar-refractivity contribution in [3.8, 4) is 0 Å². The maximum atomic E-state index is 10.1. The first-order valence-corrected chi connectivity index (χ1v) is 8.82. The fraction of sp³-hybridized carbons (Fsp3) is 0.429. The summed E-state index contributed by atoms with van der Waals surface area (Å²) in [5.74, 6) is 0. The van der Waals surface area contributed by atoms with Crippen LogP contribution in [0.25, 0.3) is 0 Å². The molecule has 2 atom stereocenters. The van der Waals surface area contributed by atoms with Gasteiger partial charge in [0.2, 0.25) is 0 Å². The fourth-order valence-corrected chi connectivity index (χ4v) is 2.59. The predicted octanol–water partition coefficient (Wildman–Crippen LogP) is 3.85. The third kappa shape index (κ3) is 6.08. The lowest BCUT2D eigenvalue weighted by Crippen LogP contribution is -2.31. The van der Waals surface area contributed by atoms with E-state index in [9.17, 15) is 5.11 Å². The van der Waals surface area contributed by atoms with E-state index in [1.54, 1.807) is 0 Å². The highest BCUT2D eigenvalue weighted by atomic mass is 16.5. The molecule has 24 heavy (non-hydrogen) atoms. The number of nitrogens with one attached hydrogen (secondary N) is 1. The average Bonchev–Trinajstić information content (AvgIpc) is 2.61. The lowest BCUT2D eigenvalue weighted by Gasteiger charge is -2.21. The summed E-state index contributed by atoms with van der Waals surface area (Å²) in [7, 11) is 0. The van der Waals surface area contributed by atoms with Gasteiger partial charge in [-0.1, -0.05) is 73.5 Å². The van der Waals surface area contributed by atoms with Gasteiger partial charge in [0.1, 0.15) is 6.10 Å². The molecule has 0 aliphatic rings. The van der Waals surface area contributed by atoms with Crippen LogP contribution in [0.15, 0.2) is 54.6 Å². The first-order valence-electron chi connectivity index (χ1n) is 8.82. The average molecular weight is 327 g/mol. The van der Waals surface area contributed by atoms with Crippen molar-refractivity contribution in [1.82, 2.24) is 5.32 Å². The topological polar surface area (TPSA) is 41.5 Å². The van der Waals surface area contributed by atoms with Crippen LogP contribution in [-0.4, -0.2) is 30.9 Å². The third-order valence-electron chi connectivity index (χ3n) is 4.02. The van der Waals surface area contributed by atoms with Crippen LogP contribution < -0.4 is 5.32 Å². The van der Waals surface area contributed by atoms with Crippen molar-refractivity contribution in [2.45, 2.75) is 38.9 Å². The predicted molar refractivity (Wildman–Crippen MR) is 99.2 cm³/mol. The minimum Gasteiger partial charge on any atom is -0.389 e. The van der Waals surface area contributed by atoms with Gasteiger partial charge in [-0.2, -0.15) is 0 Å². The normalized spacial score (nSPS) is 13.6.